The average Bonchev–Trinajstić information content (AvgIpc) is 2.90. The van der Waals surface area contributed by atoms with Crippen LogP contribution in [0.4, 0.5) is 0 Å². The second-order valence-electron chi connectivity index (χ2n) is 3.72. The van der Waals surface area contributed by atoms with Crippen LogP contribution in [-0.4, -0.2) is 16.1 Å². The summed E-state index contributed by atoms with van der Waals surface area (Å²) in [5, 5.41) is 9.50. The van der Waals surface area contributed by atoms with Crippen molar-refractivity contribution in [3.05, 3.63) is 28.5 Å². The van der Waals surface area contributed by atoms with Crippen molar-refractivity contribution in [1.29, 1.82) is 0 Å². The summed E-state index contributed by atoms with van der Waals surface area (Å²) in [6.07, 6.45) is 2.96. The maximum Gasteiger partial charge on any atom is 0.314 e. The van der Waals surface area contributed by atoms with E-state index in [0.717, 1.165) is 11.1 Å². The fourth-order valence-corrected chi connectivity index (χ4v) is 1.67. The van der Waals surface area contributed by atoms with Crippen molar-refractivity contribution in [2.45, 2.75) is 25.2 Å². The molecule has 0 spiro atoms. The van der Waals surface area contributed by atoms with Gasteiger partial charge in [0.15, 0.2) is 0 Å². The molecular weight excluding hydrogens is 202 g/mol. The fourth-order valence-electron chi connectivity index (χ4n) is 1.57. The van der Waals surface area contributed by atoms with E-state index in [1.54, 1.807) is 6.20 Å². The van der Waals surface area contributed by atoms with Gasteiger partial charge in [0.2, 0.25) is 0 Å². The first-order chi connectivity index (χ1) is 6.56. The molecule has 0 bridgehead atoms. The molecule has 1 saturated carbocycles. The molecule has 0 unspecified atom stereocenters. The van der Waals surface area contributed by atoms with Gasteiger partial charge in [-0.3, -0.25) is 4.79 Å². The molecule has 0 saturated heterocycles. The van der Waals surface area contributed by atoms with Gasteiger partial charge >= 0.3 is 5.97 Å². The molecule has 0 amide bonds. The normalized spacial score (nSPS) is 17.9. The Morgan fingerprint density at radius 1 is 1.64 bits per heavy atom. The van der Waals surface area contributed by atoms with E-state index in [1.165, 1.54) is 0 Å². The number of carboxylic acids is 1. The molecular formula is C10H10ClNO2. The zero-order chi connectivity index (χ0) is 10.3. The highest BCUT2D eigenvalue weighted by atomic mass is 35.5. The minimum absolute atomic E-state index is 0.440. The molecule has 1 aliphatic carbocycles. The lowest BCUT2D eigenvalue weighted by atomic mass is 9.97. The maximum absolute atomic E-state index is 11.0. The van der Waals surface area contributed by atoms with Gasteiger partial charge in [0.05, 0.1) is 5.41 Å². The average molecular weight is 212 g/mol. The zero-order valence-corrected chi connectivity index (χ0v) is 8.51. The molecule has 1 aliphatic rings. The van der Waals surface area contributed by atoms with Crippen LogP contribution in [0.15, 0.2) is 12.3 Å². The predicted molar refractivity (Wildman–Crippen MR) is 52.5 cm³/mol. The van der Waals surface area contributed by atoms with Crippen molar-refractivity contribution in [3.63, 3.8) is 0 Å². The molecule has 1 heterocycles. The minimum Gasteiger partial charge on any atom is -0.481 e. The van der Waals surface area contributed by atoms with Gasteiger partial charge < -0.3 is 5.11 Å². The Hall–Kier alpha value is -1.09. The van der Waals surface area contributed by atoms with Crippen molar-refractivity contribution < 1.29 is 9.90 Å². The van der Waals surface area contributed by atoms with E-state index < -0.39 is 11.4 Å². The monoisotopic (exact) mass is 211 g/mol. The van der Waals surface area contributed by atoms with E-state index in [2.05, 4.69) is 4.98 Å². The van der Waals surface area contributed by atoms with Crippen LogP contribution in [0.2, 0.25) is 5.15 Å². The third kappa shape index (κ3) is 1.28. The second kappa shape index (κ2) is 2.95. The molecule has 1 aromatic heterocycles. The number of hydrogen-bond acceptors (Lipinski definition) is 2. The van der Waals surface area contributed by atoms with E-state index in [-0.39, 0.29) is 0 Å². The topological polar surface area (TPSA) is 50.2 Å². The SMILES string of the molecule is Cc1cc(C2(C(=O)O)CC2)cnc1Cl. The maximum atomic E-state index is 11.0. The zero-order valence-electron chi connectivity index (χ0n) is 7.75. The van der Waals surface area contributed by atoms with Crippen molar-refractivity contribution in [1.82, 2.24) is 4.98 Å². The smallest absolute Gasteiger partial charge is 0.314 e. The Morgan fingerprint density at radius 2 is 2.29 bits per heavy atom. The van der Waals surface area contributed by atoms with Gasteiger partial charge in [0.25, 0.3) is 0 Å². The van der Waals surface area contributed by atoms with E-state index in [1.807, 2.05) is 13.0 Å². The van der Waals surface area contributed by atoms with Gasteiger partial charge in [-0.1, -0.05) is 17.7 Å². The lowest BCUT2D eigenvalue weighted by Crippen LogP contribution is -2.19. The molecule has 0 aromatic carbocycles. The van der Waals surface area contributed by atoms with Crippen LogP contribution in [0.3, 0.4) is 0 Å². The van der Waals surface area contributed by atoms with Crippen molar-refractivity contribution in [3.8, 4) is 0 Å². The van der Waals surface area contributed by atoms with Crippen LogP contribution in [0, 0.1) is 6.92 Å². The van der Waals surface area contributed by atoms with Crippen LogP contribution in [0.25, 0.3) is 0 Å². The van der Waals surface area contributed by atoms with Crippen molar-refractivity contribution in [2.75, 3.05) is 0 Å². The lowest BCUT2D eigenvalue weighted by molar-refractivity contribution is -0.140. The molecule has 0 aliphatic heterocycles. The Kier molecular flexibility index (Phi) is 2.00. The highest BCUT2D eigenvalue weighted by molar-refractivity contribution is 6.30. The molecule has 0 radical (unpaired) electrons. The van der Waals surface area contributed by atoms with Gasteiger partial charge in [-0.25, -0.2) is 4.98 Å². The number of aliphatic carboxylic acids is 1. The number of halogens is 1. The molecule has 74 valence electrons. The molecule has 4 heteroatoms. The van der Waals surface area contributed by atoms with Gasteiger partial charge in [0, 0.05) is 6.20 Å². The number of carboxylic acid groups (broad SMARTS) is 1. The summed E-state index contributed by atoms with van der Waals surface area (Å²) >= 11 is 5.77. The number of rotatable bonds is 2. The summed E-state index contributed by atoms with van der Waals surface area (Å²) in [5.74, 6) is -0.763. The third-order valence-corrected chi connectivity index (χ3v) is 3.12. The number of hydrogen-bond donors (Lipinski definition) is 1. The highest BCUT2D eigenvalue weighted by Gasteiger charge is 2.52. The third-order valence-electron chi connectivity index (χ3n) is 2.73. The van der Waals surface area contributed by atoms with Crippen LogP contribution >= 0.6 is 11.6 Å². The standard InChI is InChI=1S/C10H10ClNO2/c1-6-4-7(5-12-8(6)11)10(2-3-10)9(13)14/h4-5H,2-3H2,1H3,(H,13,14). The summed E-state index contributed by atoms with van der Waals surface area (Å²) in [7, 11) is 0. The summed E-state index contributed by atoms with van der Waals surface area (Å²) in [5.41, 5.74) is 0.922. The number of aryl methyl sites for hydroxylation is 1. The number of carbonyl (C=O) groups is 1. The molecule has 14 heavy (non-hydrogen) atoms. The van der Waals surface area contributed by atoms with Gasteiger partial charge in [-0.2, -0.15) is 0 Å². The summed E-state index contributed by atoms with van der Waals surface area (Å²) in [6, 6.07) is 1.82. The van der Waals surface area contributed by atoms with Crippen LogP contribution in [-0.2, 0) is 10.2 Å². The van der Waals surface area contributed by atoms with Gasteiger partial charge in [0.1, 0.15) is 5.15 Å². The first-order valence-electron chi connectivity index (χ1n) is 4.42. The number of nitrogens with zero attached hydrogens (tertiary/aromatic N) is 1. The van der Waals surface area contributed by atoms with E-state index in [4.69, 9.17) is 16.7 Å². The largest absolute Gasteiger partial charge is 0.481 e. The first kappa shape index (κ1) is 9.46. The molecule has 1 N–H and O–H groups in total. The summed E-state index contributed by atoms with van der Waals surface area (Å²) in [4.78, 5) is 15.0. The van der Waals surface area contributed by atoms with E-state index in [9.17, 15) is 4.79 Å². The fraction of sp³-hybridized carbons (Fsp3) is 0.400. The van der Waals surface area contributed by atoms with E-state index >= 15 is 0 Å². The van der Waals surface area contributed by atoms with Crippen LogP contribution < -0.4 is 0 Å². The Labute approximate surface area is 86.7 Å². The second-order valence-corrected chi connectivity index (χ2v) is 4.08. The predicted octanol–water partition coefficient (Wildman–Crippen LogP) is 2.16. The minimum atomic E-state index is -0.763. The van der Waals surface area contributed by atoms with E-state index in [0.29, 0.717) is 18.0 Å². The van der Waals surface area contributed by atoms with Gasteiger partial charge in [-0.15, -0.1) is 0 Å². The molecule has 1 fully saturated rings. The van der Waals surface area contributed by atoms with Crippen molar-refractivity contribution >= 4 is 17.6 Å². The summed E-state index contributed by atoms with van der Waals surface area (Å²) < 4.78 is 0. The Bertz CT molecular complexity index is 399. The Morgan fingerprint density at radius 3 is 2.71 bits per heavy atom. The summed E-state index contributed by atoms with van der Waals surface area (Å²) in [6.45, 7) is 1.83. The quantitative estimate of drug-likeness (QED) is 0.763. The Balaban J connectivity index is 2.43. The highest BCUT2D eigenvalue weighted by Crippen LogP contribution is 2.48. The lowest BCUT2D eigenvalue weighted by Gasteiger charge is -2.10. The number of aromatic nitrogens is 1. The molecule has 1 aromatic rings. The first-order valence-corrected chi connectivity index (χ1v) is 4.80. The molecule has 3 nitrogen and oxygen atoms in total. The van der Waals surface area contributed by atoms with Crippen molar-refractivity contribution in [2.24, 2.45) is 0 Å². The molecule has 0 atom stereocenters. The number of pyridine rings is 1. The van der Waals surface area contributed by atoms with Gasteiger partial charge in [-0.05, 0) is 30.9 Å². The van der Waals surface area contributed by atoms with Crippen LogP contribution in [0.1, 0.15) is 24.0 Å². The molecule has 2 rings (SSSR count). The van der Waals surface area contributed by atoms with Crippen LogP contribution in [0.5, 0.6) is 0 Å².